The zero-order chi connectivity index (χ0) is 14.3. The number of carbonyl (C=O) groups is 1. The van der Waals surface area contributed by atoms with Crippen molar-refractivity contribution >= 4 is 17.5 Å². The third-order valence-electron chi connectivity index (χ3n) is 5.13. The maximum absolute atomic E-state index is 12.5. The largest absolute Gasteiger partial charge is 0.349 e. The lowest BCUT2D eigenvalue weighted by Crippen LogP contribution is -2.48. The molecule has 1 aromatic rings. The van der Waals surface area contributed by atoms with Crippen molar-refractivity contribution in [2.24, 2.45) is 11.8 Å². The Morgan fingerprint density at radius 1 is 1.45 bits per heavy atom. The number of nitrogens with one attached hydrogen (secondary N) is 1. The van der Waals surface area contributed by atoms with Crippen LogP contribution in [-0.2, 0) is 11.2 Å². The predicted molar refractivity (Wildman–Crippen MR) is 82.0 cm³/mol. The Bertz CT molecular complexity index is 523. The first kappa shape index (κ1) is 13.9. The first-order chi connectivity index (χ1) is 9.59. The predicted octanol–water partition coefficient (Wildman–Crippen LogP) is 3.49. The number of fused-ring (bicyclic) bond motifs is 3. The molecule has 0 aromatic heterocycles. The van der Waals surface area contributed by atoms with Crippen LogP contribution in [0.25, 0.3) is 0 Å². The van der Waals surface area contributed by atoms with E-state index < -0.39 is 0 Å². The van der Waals surface area contributed by atoms with Crippen molar-refractivity contribution in [2.45, 2.75) is 44.6 Å². The van der Waals surface area contributed by atoms with Gasteiger partial charge < -0.3 is 5.32 Å². The van der Waals surface area contributed by atoms with E-state index in [1.165, 1.54) is 11.1 Å². The molecule has 3 rings (SSSR count). The molecule has 0 saturated heterocycles. The van der Waals surface area contributed by atoms with Crippen LogP contribution in [0.5, 0.6) is 0 Å². The van der Waals surface area contributed by atoms with E-state index in [1.54, 1.807) is 0 Å². The molecule has 2 aliphatic rings. The summed E-state index contributed by atoms with van der Waals surface area (Å²) in [5.74, 6) is 1.81. The van der Waals surface area contributed by atoms with Crippen LogP contribution < -0.4 is 5.32 Å². The van der Waals surface area contributed by atoms with Gasteiger partial charge in [0.2, 0.25) is 5.91 Å². The minimum Gasteiger partial charge on any atom is -0.349 e. The number of benzene rings is 1. The van der Waals surface area contributed by atoms with Crippen LogP contribution in [-0.4, -0.2) is 17.3 Å². The van der Waals surface area contributed by atoms with Gasteiger partial charge >= 0.3 is 0 Å². The number of amides is 1. The topological polar surface area (TPSA) is 29.1 Å². The van der Waals surface area contributed by atoms with E-state index >= 15 is 0 Å². The van der Waals surface area contributed by atoms with Gasteiger partial charge in [-0.2, -0.15) is 0 Å². The van der Waals surface area contributed by atoms with Crippen LogP contribution in [0.2, 0.25) is 0 Å². The maximum atomic E-state index is 12.5. The summed E-state index contributed by atoms with van der Waals surface area (Å²) in [6.45, 7) is 4.09. The smallest absolute Gasteiger partial charge is 0.224 e. The zero-order valence-corrected chi connectivity index (χ0v) is 12.9. The van der Waals surface area contributed by atoms with Gasteiger partial charge in [-0.15, -0.1) is 11.6 Å². The molecule has 1 amide bonds. The molecule has 4 unspecified atom stereocenters. The van der Waals surface area contributed by atoms with Gasteiger partial charge in [-0.3, -0.25) is 4.79 Å². The van der Waals surface area contributed by atoms with E-state index in [4.69, 9.17) is 11.6 Å². The molecule has 2 aliphatic carbocycles. The molecule has 108 valence electrons. The highest BCUT2D eigenvalue weighted by Crippen LogP contribution is 2.59. The molecule has 0 aliphatic heterocycles. The Morgan fingerprint density at radius 3 is 2.90 bits per heavy atom. The van der Waals surface area contributed by atoms with Crippen molar-refractivity contribution in [2.75, 3.05) is 5.88 Å². The summed E-state index contributed by atoms with van der Waals surface area (Å²) in [6, 6.07) is 8.58. The first-order valence-electron chi connectivity index (χ1n) is 7.55. The van der Waals surface area contributed by atoms with Crippen molar-refractivity contribution in [1.82, 2.24) is 5.32 Å². The molecule has 0 bridgehead atoms. The number of rotatable bonds is 4. The third kappa shape index (κ3) is 2.24. The molecule has 0 radical (unpaired) electrons. The van der Waals surface area contributed by atoms with Gasteiger partial charge in [0.15, 0.2) is 0 Å². The van der Waals surface area contributed by atoms with Crippen molar-refractivity contribution in [3.63, 3.8) is 0 Å². The van der Waals surface area contributed by atoms with Gasteiger partial charge in [-0.05, 0) is 49.1 Å². The minimum atomic E-state index is -0.274. The Kier molecular flexibility index (Phi) is 3.53. The Hall–Kier alpha value is -1.02. The molecule has 1 N–H and O–H groups in total. The summed E-state index contributed by atoms with van der Waals surface area (Å²) in [6.07, 6.45) is 3.12. The Morgan fingerprint density at radius 2 is 2.20 bits per heavy atom. The fourth-order valence-corrected chi connectivity index (χ4v) is 3.78. The monoisotopic (exact) mass is 291 g/mol. The van der Waals surface area contributed by atoms with E-state index in [2.05, 4.69) is 36.5 Å². The van der Waals surface area contributed by atoms with Gasteiger partial charge in [0, 0.05) is 11.8 Å². The van der Waals surface area contributed by atoms with Gasteiger partial charge in [0.25, 0.3) is 0 Å². The third-order valence-corrected chi connectivity index (χ3v) is 5.72. The second-order valence-corrected chi connectivity index (χ2v) is 6.76. The van der Waals surface area contributed by atoms with Gasteiger partial charge in [0.1, 0.15) is 0 Å². The number of hydrogen-bond acceptors (Lipinski definition) is 1. The minimum absolute atomic E-state index is 0.160. The fourth-order valence-electron chi connectivity index (χ4n) is 3.52. The Labute approximate surface area is 125 Å². The number of hydrogen-bond donors (Lipinski definition) is 1. The van der Waals surface area contributed by atoms with E-state index in [-0.39, 0.29) is 17.4 Å². The van der Waals surface area contributed by atoms with E-state index in [9.17, 15) is 4.79 Å². The van der Waals surface area contributed by atoms with Crippen LogP contribution >= 0.6 is 11.6 Å². The van der Waals surface area contributed by atoms with Gasteiger partial charge in [0.05, 0.1) is 5.54 Å². The second-order valence-electron chi connectivity index (χ2n) is 6.49. The highest BCUT2D eigenvalue weighted by molar-refractivity contribution is 6.18. The lowest BCUT2D eigenvalue weighted by molar-refractivity contribution is -0.124. The summed E-state index contributed by atoms with van der Waals surface area (Å²) < 4.78 is 0. The number of carbonyl (C=O) groups excluding carboxylic acids is 1. The molecule has 1 aromatic carbocycles. The fraction of sp³-hybridized carbons (Fsp3) is 0.588. The summed E-state index contributed by atoms with van der Waals surface area (Å²) in [5.41, 5.74) is 2.55. The number of alkyl halides is 1. The molecular weight excluding hydrogens is 270 g/mol. The van der Waals surface area contributed by atoms with Crippen LogP contribution in [0, 0.1) is 11.8 Å². The summed E-state index contributed by atoms with van der Waals surface area (Å²) in [5, 5.41) is 3.17. The normalized spacial score (nSPS) is 29.9. The van der Waals surface area contributed by atoms with Gasteiger partial charge in [-0.25, -0.2) is 0 Å². The average molecular weight is 292 g/mol. The van der Waals surface area contributed by atoms with Crippen molar-refractivity contribution in [3.8, 4) is 0 Å². The van der Waals surface area contributed by atoms with E-state index in [1.807, 2.05) is 6.92 Å². The number of halogens is 1. The van der Waals surface area contributed by atoms with Crippen molar-refractivity contribution in [3.05, 3.63) is 35.4 Å². The summed E-state index contributed by atoms with van der Waals surface area (Å²) >= 11 is 6.00. The second kappa shape index (κ2) is 5.07. The maximum Gasteiger partial charge on any atom is 0.224 e. The Balaban J connectivity index is 1.74. The molecule has 0 heterocycles. The van der Waals surface area contributed by atoms with Crippen LogP contribution in [0.15, 0.2) is 24.3 Å². The summed E-state index contributed by atoms with van der Waals surface area (Å²) in [7, 11) is 0. The molecule has 20 heavy (non-hydrogen) atoms. The van der Waals surface area contributed by atoms with E-state index in [0.29, 0.717) is 17.7 Å². The summed E-state index contributed by atoms with van der Waals surface area (Å²) in [4.78, 5) is 12.5. The first-order valence-corrected chi connectivity index (χ1v) is 8.09. The van der Waals surface area contributed by atoms with Gasteiger partial charge in [-0.1, -0.05) is 31.2 Å². The van der Waals surface area contributed by atoms with Crippen LogP contribution in [0.4, 0.5) is 0 Å². The molecule has 4 atom stereocenters. The highest BCUT2D eigenvalue weighted by Gasteiger charge is 2.57. The van der Waals surface area contributed by atoms with Crippen LogP contribution in [0.1, 0.15) is 43.7 Å². The zero-order valence-electron chi connectivity index (χ0n) is 12.2. The molecule has 2 nitrogen and oxygen atoms in total. The van der Waals surface area contributed by atoms with Crippen molar-refractivity contribution in [1.29, 1.82) is 0 Å². The highest BCUT2D eigenvalue weighted by atomic mass is 35.5. The molecule has 3 heteroatoms. The molecule has 1 fully saturated rings. The van der Waals surface area contributed by atoms with Crippen LogP contribution in [0.3, 0.4) is 0 Å². The van der Waals surface area contributed by atoms with E-state index in [0.717, 1.165) is 19.3 Å². The molecule has 0 spiro atoms. The quantitative estimate of drug-likeness (QED) is 0.846. The lowest BCUT2D eigenvalue weighted by atomic mass is 9.92. The SMILES string of the molecule is CCC(C)(CCl)NC(=O)C1C2CCc3ccccc3C21. The molecule has 1 saturated carbocycles. The lowest BCUT2D eigenvalue weighted by Gasteiger charge is -2.27. The number of aryl methyl sites for hydroxylation is 1. The standard InChI is InChI=1S/C17H22ClNO/c1-3-17(2,10-18)19-16(20)15-13-9-8-11-6-4-5-7-12(11)14(13)15/h4-7,13-15H,3,8-10H2,1-2H3,(H,19,20). The average Bonchev–Trinajstić information content (AvgIpc) is 3.22. The van der Waals surface area contributed by atoms with Crippen molar-refractivity contribution < 1.29 is 4.79 Å². The molecular formula is C17H22ClNO.